The molecule has 4 nitrogen and oxygen atoms in total. The van der Waals surface area contributed by atoms with E-state index in [0.717, 1.165) is 25.1 Å². The van der Waals surface area contributed by atoms with Crippen molar-refractivity contribution in [1.82, 2.24) is 4.90 Å². The van der Waals surface area contributed by atoms with Crippen LogP contribution in [0.25, 0.3) is 0 Å². The maximum atomic E-state index is 13.0. The molecule has 0 aliphatic carbocycles. The Balaban J connectivity index is 2.47. The van der Waals surface area contributed by atoms with Crippen LogP contribution in [0.1, 0.15) is 16.8 Å². The number of hydrogen-bond acceptors (Lipinski definition) is 4. The third kappa shape index (κ3) is 4.82. The molecule has 0 aromatic heterocycles. The van der Waals surface area contributed by atoms with Gasteiger partial charge in [-0.25, -0.2) is 9.18 Å². The fourth-order valence-electron chi connectivity index (χ4n) is 1.36. The highest BCUT2D eigenvalue weighted by Gasteiger charge is 2.09. The molecule has 5 heteroatoms. The lowest BCUT2D eigenvalue weighted by molar-refractivity contribution is 0.0492. The molecule has 0 heterocycles. The summed E-state index contributed by atoms with van der Waals surface area (Å²) in [5, 5.41) is 0. The monoisotopic (exact) mass is 240 g/mol. The van der Waals surface area contributed by atoms with E-state index in [1.807, 2.05) is 19.0 Å². The summed E-state index contributed by atoms with van der Waals surface area (Å²) in [7, 11) is 3.88. The second-order valence-electron chi connectivity index (χ2n) is 4.07. The van der Waals surface area contributed by atoms with Crippen molar-refractivity contribution in [3.63, 3.8) is 0 Å². The number of hydrogen-bond donors (Lipinski definition) is 1. The van der Waals surface area contributed by atoms with Gasteiger partial charge in [0.1, 0.15) is 5.82 Å². The van der Waals surface area contributed by atoms with Crippen LogP contribution in [-0.4, -0.2) is 38.1 Å². The SMILES string of the molecule is CN(C)CCCOC(=O)c1cc(N)cc(F)c1. The fraction of sp³-hybridized carbons (Fsp3) is 0.417. The summed E-state index contributed by atoms with van der Waals surface area (Å²) >= 11 is 0. The molecule has 0 radical (unpaired) electrons. The lowest BCUT2D eigenvalue weighted by Crippen LogP contribution is -2.16. The van der Waals surface area contributed by atoms with Crippen molar-refractivity contribution in [1.29, 1.82) is 0 Å². The van der Waals surface area contributed by atoms with E-state index in [9.17, 15) is 9.18 Å². The van der Waals surface area contributed by atoms with Crippen LogP contribution in [0.5, 0.6) is 0 Å². The van der Waals surface area contributed by atoms with Crippen molar-refractivity contribution in [3.8, 4) is 0 Å². The lowest BCUT2D eigenvalue weighted by Gasteiger charge is -2.09. The highest BCUT2D eigenvalue weighted by atomic mass is 19.1. The van der Waals surface area contributed by atoms with Gasteiger partial charge in [0.2, 0.25) is 0 Å². The number of nitrogens with zero attached hydrogens (tertiary/aromatic N) is 1. The van der Waals surface area contributed by atoms with Gasteiger partial charge >= 0.3 is 5.97 Å². The van der Waals surface area contributed by atoms with Gasteiger partial charge in [-0.2, -0.15) is 0 Å². The van der Waals surface area contributed by atoms with Crippen LogP contribution in [0.4, 0.5) is 10.1 Å². The van der Waals surface area contributed by atoms with Crippen LogP contribution in [0, 0.1) is 5.82 Å². The fourth-order valence-corrected chi connectivity index (χ4v) is 1.36. The van der Waals surface area contributed by atoms with Crippen molar-refractivity contribution >= 4 is 11.7 Å². The number of anilines is 1. The summed E-state index contributed by atoms with van der Waals surface area (Å²) in [4.78, 5) is 13.5. The molecular weight excluding hydrogens is 223 g/mol. The Morgan fingerprint density at radius 2 is 2.12 bits per heavy atom. The number of ether oxygens (including phenoxy) is 1. The number of carbonyl (C=O) groups excluding carboxylic acids is 1. The van der Waals surface area contributed by atoms with E-state index in [0.29, 0.717) is 6.61 Å². The molecule has 94 valence electrons. The summed E-state index contributed by atoms with van der Waals surface area (Å²) in [5.41, 5.74) is 5.80. The zero-order valence-electron chi connectivity index (χ0n) is 10.1. The maximum Gasteiger partial charge on any atom is 0.338 e. The standard InChI is InChI=1S/C12H17FN2O2/c1-15(2)4-3-5-17-12(16)9-6-10(13)8-11(14)7-9/h6-8H,3-5,14H2,1-2H3. The van der Waals surface area contributed by atoms with Crippen LogP contribution < -0.4 is 5.73 Å². The largest absolute Gasteiger partial charge is 0.462 e. The summed E-state index contributed by atoms with van der Waals surface area (Å²) in [6.45, 7) is 1.14. The van der Waals surface area contributed by atoms with Crippen LogP contribution in [-0.2, 0) is 4.74 Å². The second-order valence-corrected chi connectivity index (χ2v) is 4.07. The van der Waals surface area contributed by atoms with Gasteiger partial charge in [0.25, 0.3) is 0 Å². The smallest absolute Gasteiger partial charge is 0.338 e. The van der Waals surface area contributed by atoms with Crippen LogP contribution in [0.15, 0.2) is 18.2 Å². The summed E-state index contributed by atoms with van der Waals surface area (Å²) < 4.78 is 18.0. The molecule has 0 aliphatic heterocycles. The molecule has 17 heavy (non-hydrogen) atoms. The average Bonchev–Trinajstić information content (AvgIpc) is 2.22. The first kappa shape index (κ1) is 13.4. The third-order valence-corrected chi connectivity index (χ3v) is 2.14. The van der Waals surface area contributed by atoms with E-state index >= 15 is 0 Å². The zero-order chi connectivity index (χ0) is 12.8. The van der Waals surface area contributed by atoms with Gasteiger partial charge in [-0.15, -0.1) is 0 Å². The van der Waals surface area contributed by atoms with Crippen molar-refractivity contribution < 1.29 is 13.9 Å². The number of benzene rings is 1. The van der Waals surface area contributed by atoms with Gasteiger partial charge in [0.05, 0.1) is 12.2 Å². The molecule has 0 fully saturated rings. The van der Waals surface area contributed by atoms with Crippen LogP contribution >= 0.6 is 0 Å². The normalized spacial score (nSPS) is 10.6. The minimum Gasteiger partial charge on any atom is -0.462 e. The molecule has 1 aromatic carbocycles. The minimum absolute atomic E-state index is 0.146. The first-order valence-corrected chi connectivity index (χ1v) is 5.37. The highest BCUT2D eigenvalue weighted by Crippen LogP contribution is 2.11. The van der Waals surface area contributed by atoms with Gasteiger partial charge < -0.3 is 15.4 Å². The molecule has 0 saturated heterocycles. The van der Waals surface area contributed by atoms with Gasteiger partial charge in [0.15, 0.2) is 0 Å². The molecule has 1 rings (SSSR count). The van der Waals surface area contributed by atoms with Gasteiger partial charge in [-0.3, -0.25) is 0 Å². The Morgan fingerprint density at radius 3 is 2.71 bits per heavy atom. The number of rotatable bonds is 5. The van der Waals surface area contributed by atoms with Crippen molar-refractivity contribution in [2.24, 2.45) is 0 Å². The number of halogens is 1. The van der Waals surface area contributed by atoms with Crippen LogP contribution in [0.2, 0.25) is 0 Å². The number of carbonyl (C=O) groups is 1. The Hall–Kier alpha value is -1.62. The first-order chi connectivity index (χ1) is 7.99. The molecule has 0 aliphatic rings. The molecule has 0 unspecified atom stereocenters. The Labute approximate surface area is 100 Å². The molecule has 2 N–H and O–H groups in total. The summed E-state index contributed by atoms with van der Waals surface area (Å²) in [6.07, 6.45) is 0.740. The summed E-state index contributed by atoms with van der Waals surface area (Å²) in [5.74, 6) is -1.08. The van der Waals surface area contributed by atoms with E-state index in [2.05, 4.69) is 0 Å². The van der Waals surface area contributed by atoms with Gasteiger partial charge in [-0.05, 0) is 38.7 Å². The Morgan fingerprint density at radius 1 is 1.41 bits per heavy atom. The maximum absolute atomic E-state index is 13.0. The highest BCUT2D eigenvalue weighted by molar-refractivity contribution is 5.90. The van der Waals surface area contributed by atoms with Crippen molar-refractivity contribution in [3.05, 3.63) is 29.6 Å². The molecule has 0 saturated carbocycles. The second kappa shape index (κ2) is 6.20. The first-order valence-electron chi connectivity index (χ1n) is 5.37. The molecular formula is C12H17FN2O2. The van der Waals surface area contributed by atoms with E-state index in [1.54, 1.807) is 0 Å². The number of nitrogens with two attached hydrogens (primary N) is 1. The van der Waals surface area contributed by atoms with Crippen LogP contribution in [0.3, 0.4) is 0 Å². The molecule has 1 aromatic rings. The predicted molar refractivity (Wildman–Crippen MR) is 64.3 cm³/mol. The lowest BCUT2D eigenvalue weighted by atomic mass is 10.2. The molecule has 0 atom stereocenters. The summed E-state index contributed by atoms with van der Waals surface area (Å²) in [6, 6.07) is 3.67. The van der Waals surface area contributed by atoms with Gasteiger partial charge in [0, 0.05) is 12.2 Å². The number of nitrogen functional groups attached to an aromatic ring is 1. The number of esters is 1. The van der Waals surface area contributed by atoms with E-state index < -0.39 is 11.8 Å². The van der Waals surface area contributed by atoms with Gasteiger partial charge in [-0.1, -0.05) is 0 Å². The Bertz CT molecular complexity index is 374. The predicted octanol–water partition coefficient (Wildman–Crippen LogP) is 1.52. The average molecular weight is 240 g/mol. The zero-order valence-corrected chi connectivity index (χ0v) is 10.1. The van der Waals surface area contributed by atoms with Crippen molar-refractivity contribution in [2.45, 2.75) is 6.42 Å². The quantitative estimate of drug-likeness (QED) is 0.481. The molecule has 0 amide bonds. The topological polar surface area (TPSA) is 55.6 Å². The van der Waals surface area contributed by atoms with E-state index in [-0.39, 0.29) is 11.3 Å². The third-order valence-electron chi connectivity index (χ3n) is 2.14. The van der Waals surface area contributed by atoms with E-state index in [4.69, 9.17) is 10.5 Å². The van der Waals surface area contributed by atoms with Crippen molar-refractivity contribution in [2.75, 3.05) is 33.0 Å². The molecule has 0 bridgehead atoms. The minimum atomic E-state index is -0.546. The molecule has 0 spiro atoms. The van der Waals surface area contributed by atoms with E-state index in [1.165, 1.54) is 6.07 Å². The Kier molecular flexibility index (Phi) is 4.90.